The number of Topliss-reactive ketones (excluding diaryl/α,β-unsaturated/α-hetero) is 1. The zero-order chi connectivity index (χ0) is 12.4. The second kappa shape index (κ2) is 4.94. The molecule has 0 fully saturated rings. The Morgan fingerprint density at radius 1 is 1.47 bits per heavy atom. The lowest BCUT2D eigenvalue weighted by Gasteiger charge is -2.01. The molecule has 3 nitrogen and oxygen atoms in total. The van der Waals surface area contributed by atoms with Crippen molar-refractivity contribution >= 4 is 28.7 Å². The van der Waals surface area contributed by atoms with Gasteiger partial charge in [-0.25, -0.2) is 4.98 Å². The second-order valence-electron chi connectivity index (χ2n) is 3.71. The molecule has 2 aromatic rings. The molecule has 5 heteroatoms. The summed E-state index contributed by atoms with van der Waals surface area (Å²) in [5, 5.41) is 1.44. The number of ketones is 1. The lowest BCUT2D eigenvalue weighted by atomic mass is 10.1. The number of nitrogens with zero attached hydrogens (tertiary/aromatic N) is 2. The quantitative estimate of drug-likeness (QED) is 0.801. The van der Waals surface area contributed by atoms with Crippen LogP contribution < -0.4 is 0 Å². The van der Waals surface area contributed by atoms with Crippen LogP contribution in [0.25, 0.3) is 0 Å². The van der Waals surface area contributed by atoms with Crippen LogP contribution in [0.4, 0.5) is 0 Å². The van der Waals surface area contributed by atoms with Gasteiger partial charge < -0.3 is 0 Å². The van der Waals surface area contributed by atoms with Gasteiger partial charge in [0.2, 0.25) is 0 Å². The fourth-order valence-electron chi connectivity index (χ4n) is 1.59. The highest BCUT2D eigenvalue weighted by molar-refractivity contribution is 7.13. The highest BCUT2D eigenvalue weighted by Crippen LogP contribution is 2.21. The summed E-state index contributed by atoms with van der Waals surface area (Å²) in [5.41, 5.74) is 1.60. The minimum absolute atomic E-state index is 0.0567. The molecule has 0 bridgehead atoms. The molecule has 0 aliphatic heterocycles. The van der Waals surface area contributed by atoms with E-state index < -0.39 is 0 Å². The van der Waals surface area contributed by atoms with Gasteiger partial charge in [-0.15, -0.1) is 11.3 Å². The fourth-order valence-corrected chi connectivity index (χ4v) is 2.63. The lowest BCUT2D eigenvalue weighted by Crippen LogP contribution is -2.03. The van der Waals surface area contributed by atoms with Crippen molar-refractivity contribution in [1.82, 2.24) is 9.97 Å². The van der Waals surface area contributed by atoms with E-state index in [2.05, 4.69) is 9.97 Å². The van der Waals surface area contributed by atoms with E-state index in [1.54, 1.807) is 18.5 Å². The van der Waals surface area contributed by atoms with Crippen LogP contribution >= 0.6 is 22.9 Å². The van der Waals surface area contributed by atoms with Crippen LogP contribution in [-0.2, 0) is 6.42 Å². The van der Waals surface area contributed by atoms with E-state index in [1.807, 2.05) is 13.8 Å². The molecule has 0 N–H and O–H groups in total. The van der Waals surface area contributed by atoms with Crippen molar-refractivity contribution < 1.29 is 4.79 Å². The average Bonchev–Trinajstić information content (AvgIpc) is 2.61. The summed E-state index contributed by atoms with van der Waals surface area (Å²) in [7, 11) is 0. The molecule has 0 aliphatic carbocycles. The number of aromatic nitrogens is 2. The van der Waals surface area contributed by atoms with Crippen molar-refractivity contribution in [3.63, 3.8) is 0 Å². The largest absolute Gasteiger partial charge is 0.293 e. The van der Waals surface area contributed by atoms with Gasteiger partial charge in [-0.2, -0.15) is 0 Å². The third kappa shape index (κ3) is 2.70. The third-order valence-electron chi connectivity index (χ3n) is 2.36. The third-order valence-corrected chi connectivity index (χ3v) is 3.82. The molecule has 88 valence electrons. The van der Waals surface area contributed by atoms with Crippen LogP contribution in [0, 0.1) is 13.8 Å². The lowest BCUT2D eigenvalue weighted by molar-refractivity contribution is 0.0996. The van der Waals surface area contributed by atoms with Gasteiger partial charge in [-0.1, -0.05) is 11.6 Å². The zero-order valence-corrected chi connectivity index (χ0v) is 11.1. The summed E-state index contributed by atoms with van der Waals surface area (Å²) < 4.78 is 0. The zero-order valence-electron chi connectivity index (χ0n) is 9.53. The second-order valence-corrected chi connectivity index (χ2v) is 5.32. The van der Waals surface area contributed by atoms with E-state index in [1.165, 1.54) is 11.3 Å². The monoisotopic (exact) mass is 266 g/mol. The highest BCUT2D eigenvalue weighted by atomic mass is 35.5. The molecule has 0 spiro atoms. The van der Waals surface area contributed by atoms with Crippen molar-refractivity contribution in [3.8, 4) is 0 Å². The van der Waals surface area contributed by atoms with Gasteiger partial charge in [0.25, 0.3) is 0 Å². The SMILES string of the molecule is Cc1nc(C)c(C(=O)Cc2ccncc2Cl)s1. The van der Waals surface area contributed by atoms with Crippen molar-refractivity contribution in [2.24, 2.45) is 0 Å². The number of pyridine rings is 1. The molecule has 17 heavy (non-hydrogen) atoms. The molecule has 0 saturated heterocycles. The Morgan fingerprint density at radius 2 is 2.24 bits per heavy atom. The molecule has 2 rings (SSSR count). The number of thiazole rings is 1. The number of carbonyl (C=O) groups is 1. The highest BCUT2D eigenvalue weighted by Gasteiger charge is 2.15. The summed E-state index contributed by atoms with van der Waals surface area (Å²) in [4.78, 5) is 21.0. The van der Waals surface area contributed by atoms with Gasteiger partial charge in [-0.05, 0) is 25.5 Å². The molecular formula is C12H11ClN2OS. The predicted molar refractivity (Wildman–Crippen MR) is 68.9 cm³/mol. The summed E-state index contributed by atoms with van der Waals surface area (Å²) >= 11 is 7.40. The number of aryl methyl sites for hydroxylation is 2. The first-order valence-corrected chi connectivity index (χ1v) is 6.33. The molecule has 0 unspecified atom stereocenters. The maximum atomic E-state index is 12.1. The van der Waals surface area contributed by atoms with Crippen molar-refractivity contribution in [2.75, 3.05) is 0 Å². The van der Waals surface area contributed by atoms with Crippen LogP contribution in [0.3, 0.4) is 0 Å². The summed E-state index contributed by atoms with van der Waals surface area (Å²) in [6.45, 7) is 3.75. The van der Waals surface area contributed by atoms with Gasteiger partial charge in [0.05, 0.1) is 20.6 Å². The normalized spacial score (nSPS) is 10.5. The maximum Gasteiger partial charge on any atom is 0.179 e. The number of rotatable bonds is 3. The number of hydrogen-bond acceptors (Lipinski definition) is 4. The smallest absolute Gasteiger partial charge is 0.179 e. The van der Waals surface area contributed by atoms with Crippen molar-refractivity contribution in [3.05, 3.63) is 44.6 Å². The van der Waals surface area contributed by atoms with E-state index >= 15 is 0 Å². The molecule has 0 aliphatic rings. The van der Waals surface area contributed by atoms with E-state index in [9.17, 15) is 4.79 Å². The molecular weight excluding hydrogens is 256 g/mol. The summed E-state index contributed by atoms with van der Waals surface area (Å²) in [6, 6.07) is 1.77. The number of hydrogen-bond donors (Lipinski definition) is 0. The van der Waals surface area contributed by atoms with Crippen molar-refractivity contribution in [2.45, 2.75) is 20.3 Å². The van der Waals surface area contributed by atoms with Gasteiger partial charge >= 0.3 is 0 Å². The summed E-state index contributed by atoms with van der Waals surface area (Å²) in [6.07, 6.45) is 3.48. The van der Waals surface area contributed by atoms with Crippen LogP contribution in [0.2, 0.25) is 5.02 Å². The minimum Gasteiger partial charge on any atom is -0.293 e. The van der Waals surface area contributed by atoms with E-state index in [0.717, 1.165) is 21.1 Å². The fraction of sp³-hybridized carbons (Fsp3) is 0.250. The molecule has 2 aromatic heterocycles. The Labute approximate surface area is 108 Å². The maximum absolute atomic E-state index is 12.1. The molecule has 0 radical (unpaired) electrons. The first-order valence-electron chi connectivity index (χ1n) is 5.13. The Hall–Kier alpha value is -1.26. The minimum atomic E-state index is 0.0567. The van der Waals surface area contributed by atoms with E-state index in [0.29, 0.717) is 11.4 Å². The first-order chi connectivity index (χ1) is 8.08. The molecule has 0 amide bonds. The average molecular weight is 267 g/mol. The van der Waals surface area contributed by atoms with E-state index in [4.69, 9.17) is 11.6 Å². The standard InChI is InChI=1S/C12H11ClN2OS/c1-7-12(17-8(2)15-7)11(16)5-9-3-4-14-6-10(9)13/h3-4,6H,5H2,1-2H3. The Bertz CT molecular complexity index is 565. The van der Waals surface area contributed by atoms with Crippen LogP contribution in [0.15, 0.2) is 18.5 Å². The summed E-state index contributed by atoms with van der Waals surface area (Å²) in [5.74, 6) is 0.0567. The number of halogens is 1. The van der Waals surface area contributed by atoms with Gasteiger partial charge in [0.15, 0.2) is 5.78 Å². The Kier molecular flexibility index (Phi) is 3.54. The van der Waals surface area contributed by atoms with E-state index in [-0.39, 0.29) is 5.78 Å². The molecule has 0 aromatic carbocycles. The molecule has 0 atom stereocenters. The van der Waals surface area contributed by atoms with Gasteiger partial charge in [-0.3, -0.25) is 9.78 Å². The Balaban J connectivity index is 2.23. The molecule has 0 saturated carbocycles. The van der Waals surface area contributed by atoms with Crippen LogP contribution in [0.5, 0.6) is 0 Å². The van der Waals surface area contributed by atoms with Gasteiger partial charge in [0, 0.05) is 18.8 Å². The number of carbonyl (C=O) groups excluding carboxylic acids is 1. The van der Waals surface area contributed by atoms with Crippen LogP contribution in [-0.4, -0.2) is 15.8 Å². The Morgan fingerprint density at radius 3 is 2.82 bits per heavy atom. The van der Waals surface area contributed by atoms with Gasteiger partial charge in [0.1, 0.15) is 0 Å². The first kappa shape index (κ1) is 12.2. The van der Waals surface area contributed by atoms with Crippen molar-refractivity contribution in [1.29, 1.82) is 0 Å². The van der Waals surface area contributed by atoms with Crippen LogP contribution in [0.1, 0.15) is 25.9 Å². The predicted octanol–water partition coefficient (Wildman–Crippen LogP) is 3.23. The topological polar surface area (TPSA) is 42.9 Å². The molecule has 2 heterocycles.